The van der Waals surface area contributed by atoms with Crippen molar-refractivity contribution in [1.29, 1.82) is 0 Å². The first-order chi connectivity index (χ1) is 7.63. The highest BCUT2D eigenvalue weighted by Gasteiger charge is 2.07. The molecule has 2 N–H and O–H groups in total. The zero-order valence-corrected chi connectivity index (χ0v) is 8.93. The number of amides is 1. The molecule has 0 unspecified atom stereocenters. The molecule has 1 rings (SSSR count). The second-order valence-electron chi connectivity index (χ2n) is 3.00. The fourth-order valence-electron chi connectivity index (χ4n) is 1.08. The first-order valence-corrected chi connectivity index (χ1v) is 4.81. The first kappa shape index (κ1) is 12.0. The van der Waals surface area contributed by atoms with Crippen LogP contribution in [0.1, 0.15) is 17.3 Å². The molecule has 1 aromatic rings. The summed E-state index contributed by atoms with van der Waals surface area (Å²) in [5.41, 5.74) is 5.31. The van der Waals surface area contributed by atoms with E-state index in [0.717, 1.165) is 0 Å². The maximum atomic E-state index is 11.4. The Bertz CT molecular complexity index is 389. The van der Waals surface area contributed by atoms with Crippen molar-refractivity contribution in [3.05, 3.63) is 29.8 Å². The van der Waals surface area contributed by atoms with Crippen molar-refractivity contribution < 1.29 is 19.1 Å². The van der Waals surface area contributed by atoms with Gasteiger partial charge in [-0.3, -0.25) is 4.79 Å². The molecule has 5 nitrogen and oxygen atoms in total. The van der Waals surface area contributed by atoms with Crippen LogP contribution in [0.25, 0.3) is 0 Å². The Labute approximate surface area is 93.1 Å². The number of hydrogen-bond acceptors (Lipinski definition) is 4. The molecule has 1 amide bonds. The average Bonchev–Trinajstić information content (AvgIpc) is 2.27. The van der Waals surface area contributed by atoms with Crippen molar-refractivity contribution in [3.63, 3.8) is 0 Å². The van der Waals surface area contributed by atoms with E-state index in [1.54, 1.807) is 25.1 Å². The van der Waals surface area contributed by atoms with E-state index >= 15 is 0 Å². The highest BCUT2D eigenvalue weighted by Crippen LogP contribution is 2.13. The molecular formula is C11H13NO4. The predicted molar refractivity (Wildman–Crippen MR) is 57.1 cm³/mol. The molecule has 1 aromatic carbocycles. The predicted octanol–water partition coefficient (Wildman–Crippen LogP) is 0.727. The molecule has 0 spiro atoms. The molecule has 0 radical (unpaired) electrons. The largest absolute Gasteiger partial charge is 0.484 e. The molecule has 0 aliphatic heterocycles. The van der Waals surface area contributed by atoms with Crippen molar-refractivity contribution in [3.8, 4) is 5.75 Å². The van der Waals surface area contributed by atoms with Gasteiger partial charge in [-0.25, -0.2) is 4.79 Å². The molecule has 0 heterocycles. The van der Waals surface area contributed by atoms with E-state index in [4.69, 9.17) is 15.2 Å². The van der Waals surface area contributed by atoms with Crippen molar-refractivity contribution in [2.45, 2.75) is 6.92 Å². The minimum atomic E-state index is -0.568. The zero-order chi connectivity index (χ0) is 12.0. The summed E-state index contributed by atoms with van der Waals surface area (Å²) >= 11 is 0. The van der Waals surface area contributed by atoms with Crippen LogP contribution in [0.2, 0.25) is 0 Å². The van der Waals surface area contributed by atoms with Crippen LogP contribution in [0.4, 0.5) is 0 Å². The van der Waals surface area contributed by atoms with Crippen LogP contribution in [0, 0.1) is 0 Å². The fraction of sp³-hybridized carbons (Fsp3) is 0.273. The van der Waals surface area contributed by atoms with Crippen LogP contribution in [0.15, 0.2) is 24.3 Å². The van der Waals surface area contributed by atoms with Gasteiger partial charge in [0.1, 0.15) is 5.75 Å². The summed E-state index contributed by atoms with van der Waals surface area (Å²) in [5.74, 6) is -0.585. The number of carbonyl (C=O) groups is 2. The Balaban J connectivity index is 2.70. The van der Waals surface area contributed by atoms with Gasteiger partial charge in [0.15, 0.2) is 6.61 Å². The third-order valence-electron chi connectivity index (χ3n) is 1.73. The van der Waals surface area contributed by atoms with Crippen LogP contribution < -0.4 is 10.5 Å². The van der Waals surface area contributed by atoms with E-state index in [-0.39, 0.29) is 6.61 Å². The monoisotopic (exact) mass is 223 g/mol. The Morgan fingerprint density at radius 1 is 1.38 bits per heavy atom. The summed E-state index contributed by atoms with van der Waals surface area (Å²) in [5, 5.41) is 0. The van der Waals surface area contributed by atoms with Crippen molar-refractivity contribution in [2.24, 2.45) is 5.73 Å². The summed E-state index contributed by atoms with van der Waals surface area (Å²) in [4.78, 5) is 21.9. The Morgan fingerprint density at radius 2 is 2.12 bits per heavy atom. The minimum Gasteiger partial charge on any atom is -0.484 e. The highest BCUT2D eigenvalue weighted by molar-refractivity contribution is 5.89. The smallest absolute Gasteiger partial charge is 0.338 e. The Kier molecular flexibility index (Phi) is 4.32. The number of ether oxygens (including phenoxy) is 2. The van der Waals surface area contributed by atoms with Gasteiger partial charge in [0.25, 0.3) is 5.91 Å². The van der Waals surface area contributed by atoms with Gasteiger partial charge in [0.05, 0.1) is 12.2 Å². The van der Waals surface area contributed by atoms with Crippen LogP contribution in [0.3, 0.4) is 0 Å². The number of benzene rings is 1. The van der Waals surface area contributed by atoms with Crippen molar-refractivity contribution in [2.75, 3.05) is 13.2 Å². The van der Waals surface area contributed by atoms with E-state index < -0.39 is 11.9 Å². The lowest BCUT2D eigenvalue weighted by Gasteiger charge is -2.05. The molecule has 86 valence electrons. The van der Waals surface area contributed by atoms with E-state index in [9.17, 15) is 9.59 Å². The third kappa shape index (κ3) is 3.61. The average molecular weight is 223 g/mol. The number of nitrogens with two attached hydrogens (primary N) is 1. The van der Waals surface area contributed by atoms with E-state index in [2.05, 4.69) is 0 Å². The third-order valence-corrected chi connectivity index (χ3v) is 1.73. The molecule has 0 saturated carbocycles. The number of hydrogen-bond donors (Lipinski definition) is 1. The van der Waals surface area contributed by atoms with Crippen LogP contribution >= 0.6 is 0 Å². The van der Waals surface area contributed by atoms with Gasteiger partial charge in [0, 0.05) is 0 Å². The lowest BCUT2D eigenvalue weighted by molar-refractivity contribution is -0.119. The fourth-order valence-corrected chi connectivity index (χ4v) is 1.08. The standard InChI is InChI=1S/C11H13NO4/c1-2-15-11(14)8-4-3-5-9(6-8)16-7-10(12)13/h3-6H,2,7H2,1H3,(H2,12,13). The quantitative estimate of drug-likeness (QED) is 0.746. The summed E-state index contributed by atoms with van der Waals surface area (Å²) in [6.07, 6.45) is 0. The first-order valence-electron chi connectivity index (χ1n) is 4.81. The Hall–Kier alpha value is -2.04. The molecule has 0 aliphatic rings. The number of carbonyl (C=O) groups excluding carboxylic acids is 2. The maximum absolute atomic E-state index is 11.4. The number of rotatable bonds is 5. The van der Waals surface area contributed by atoms with Gasteiger partial charge in [-0.2, -0.15) is 0 Å². The van der Waals surface area contributed by atoms with Gasteiger partial charge in [-0.15, -0.1) is 0 Å². The summed E-state index contributed by atoms with van der Waals surface area (Å²) in [6, 6.07) is 6.38. The molecular weight excluding hydrogens is 210 g/mol. The minimum absolute atomic E-state index is 0.216. The molecule has 5 heteroatoms. The number of esters is 1. The zero-order valence-electron chi connectivity index (χ0n) is 8.93. The second-order valence-corrected chi connectivity index (χ2v) is 3.00. The lowest BCUT2D eigenvalue weighted by atomic mass is 10.2. The Morgan fingerprint density at radius 3 is 2.75 bits per heavy atom. The number of primary amides is 1. The normalized spacial score (nSPS) is 9.56. The maximum Gasteiger partial charge on any atom is 0.338 e. The summed E-state index contributed by atoms with van der Waals surface area (Å²) in [7, 11) is 0. The van der Waals surface area contributed by atoms with Gasteiger partial charge in [0.2, 0.25) is 0 Å². The van der Waals surface area contributed by atoms with Crippen LogP contribution in [0.5, 0.6) is 5.75 Å². The highest BCUT2D eigenvalue weighted by atomic mass is 16.5. The van der Waals surface area contributed by atoms with Crippen molar-refractivity contribution in [1.82, 2.24) is 0 Å². The van der Waals surface area contributed by atoms with E-state index in [1.807, 2.05) is 0 Å². The topological polar surface area (TPSA) is 78.6 Å². The summed E-state index contributed by atoms with van der Waals surface area (Å²) < 4.78 is 9.88. The van der Waals surface area contributed by atoms with Crippen molar-refractivity contribution >= 4 is 11.9 Å². The molecule has 0 fully saturated rings. The lowest BCUT2D eigenvalue weighted by Crippen LogP contribution is -2.20. The summed E-state index contributed by atoms with van der Waals surface area (Å²) in [6.45, 7) is 1.82. The van der Waals surface area contributed by atoms with Gasteiger partial charge in [-0.1, -0.05) is 6.07 Å². The molecule has 0 atom stereocenters. The van der Waals surface area contributed by atoms with Gasteiger partial charge < -0.3 is 15.2 Å². The van der Waals surface area contributed by atoms with Gasteiger partial charge in [-0.05, 0) is 25.1 Å². The second kappa shape index (κ2) is 5.75. The molecule has 0 saturated heterocycles. The molecule has 16 heavy (non-hydrogen) atoms. The SMILES string of the molecule is CCOC(=O)c1cccc(OCC(N)=O)c1. The molecule has 0 aliphatic carbocycles. The van der Waals surface area contributed by atoms with E-state index in [1.165, 1.54) is 6.07 Å². The van der Waals surface area contributed by atoms with Crippen LogP contribution in [-0.4, -0.2) is 25.1 Å². The van der Waals surface area contributed by atoms with Gasteiger partial charge >= 0.3 is 5.97 Å². The van der Waals surface area contributed by atoms with Crippen LogP contribution in [-0.2, 0) is 9.53 Å². The molecule has 0 bridgehead atoms. The molecule has 0 aromatic heterocycles. The van der Waals surface area contributed by atoms with E-state index in [0.29, 0.717) is 17.9 Å².